The van der Waals surface area contributed by atoms with Crippen LogP contribution in [0.15, 0.2) is 48.5 Å². The van der Waals surface area contributed by atoms with Gasteiger partial charge in [-0.2, -0.15) is 0 Å². The highest BCUT2D eigenvalue weighted by atomic mass is 35.5. The average Bonchev–Trinajstić information content (AvgIpc) is 2.80. The molecule has 0 atom stereocenters. The number of benzene rings is 2. The third-order valence-electron chi connectivity index (χ3n) is 2.98. The van der Waals surface area contributed by atoms with Crippen molar-refractivity contribution in [3.05, 3.63) is 64.1 Å². The highest BCUT2D eigenvalue weighted by Gasteiger charge is 2.10. The number of hydrogen-bond acceptors (Lipinski definition) is 3. The minimum atomic E-state index is 0.159. The van der Waals surface area contributed by atoms with Crippen LogP contribution in [0.2, 0.25) is 5.02 Å². The molecule has 0 saturated heterocycles. The second-order valence-electron chi connectivity index (χ2n) is 4.60. The second kappa shape index (κ2) is 5.73. The Labute approximate surface area is 126 Å². The molecule has 0 N–H and O–H groups in total. The molecule has 1 aromatic heterocycles. The van der Waals surface area contributed by atoms with Crippen LogP contribution < -0.4 is 0 Å². The smallest absolute Gasteiger partial charge is 0.144 e. The summed E-state index contributed by atoms with van der Waals surface area (Å²) in [6.07, 6.45) is 0.780. The number of nitrogens with zero attached hydrogens (tertiary/aromatic N) is 1. The lowest BCUT2D eigenvalue weighted by Crippen LogP contribution is -2.06. The number of carbonyl (C=O) groups is 1. The Balaban J connectivity index is 1.72. The summed E-state index contributed by atoms with van der Waals surface area (Å²) in [6.45, 7) is 0. The van der Waals surface area contributed by atoms with Gasteiger partial charge in [-0.25, -0.2) is 4.98 Å². The number of rotatable bonds is 4. The average molecular weight is 302 g/mol. The van der Waals surface area contributed by atoms with Gasteiger partial charge in [0.15, 0.2) is 0 Å². The first-order valence-electron chi connectivity index (χ1n) is 6.31. The molecule has 0 bridgehead atoms. The van der Waals surface area contributed by atoms with Crippen LogP contribution in [-0.2, 0) is 17.6 Å². The van der Waals surface area contributed by atoms with Crippen LogP contribution in [0.5, 0.6) is 0 Å². The Hall–Kier alpha value is -1.71. The molecular formula is C16H12ClNOS. The van der Waals surface area contributed by atoms with Crippen molar-refractivity contribution in [1.29, 1.82) is 0 Å². The molecule has 0 spiro atoms. The third-order valence-corrected chi connectivity index (χ3v) is 4.25. The van der Waals surface area contributed by atoms with Crippen molar-refractivity contribution in [1.82, 2.24) is 4.98 Å². The summed E-state index contributed by atoms with van der Waals surface area (Å²) in [5, 5.41) is 1.54. The fraction of sp³-hybridized carbons (Fsp3) is 0.125. The lowest BCUT2D eigenvalue weighted by molar-refractivity contribution is -0.117. The first-order chi connectivity index (χ1) is 9.70. The molecular weight excluding hydrogens is 290 g/mol. The molecule has 20 heavy (non-hydrogen) atoms. The predicted molar refractivity (Wildman–Crippen MR) is 83.5 cm³/mol. The molecule has 0 aliphatic carbocycles. The molecule has 0 fully saturated rings. The number of Topliss-reactive ketones (excluding diaryl/α,β-unsaturated/α-hetero) is 1. The van der Waals surface area contributed by atoms with Crippen molar-refractivity contribution >= 4 is 38.9 Å². The normalized spacial score (nSPS) is 10.8. The first kappa shape index (κ1) is 13.3. The first-order valence-corrected chi connectivity index (χ1v) is 7.51. The van der Waals surface area contributed by atoms with Crippen molar-refractivity contribution in [3.8, 4) is 0 Å². The third kappa shape index (κ3) is 3.06. The van der Waals surface area contributed by atoms with Crippen LogP contribution in [0, 0.1) is 0 Å². The summed E-state index contributed by atoms with van der Waals surface area (Å²) in [5.41, 5.74) is 1.91. The number of aromatic nitrogens is 1. The minimum Gasteiger partial charge on any atom is -0.299 e. The highest BCUT2D eigenvalue weighted by molar-refractivity contribution is 7.18. The zero-order chi connectivity index (χ0) is 13.9. The van der Waals surface area contributed by atoms with E-state index in [1.165, 1.54) is 0 Å². The molecule has 0 saturated carbocycles. The molecule has 0 aliphatic rings. The van der Waals surface area contributed by atoms with Gasteiger partial charge < -0.3 is 0 Å². The lowest BCUT2D eigenvalue weighted by atomic mass is 10.1. The largest absolute Gasteiger partial charge is 0.299 e. The van der Waals surface area contributed by atoms with E-state index in [4.69, 9.17) is 11.6 Å². The van der Waals surface area contributed by atoms with Gasteiger partial charge in [0.05, 0.1) is 16.6 Å². The zero-order valence-electron chi connectivity index (χ0n) is 10.7. The van der Waals surface area contributed by atoms with Crippen molar-refractivity contribution in [2.45, 2.75) is 12.8 Å². The SMILES string of the molecule is O=C(Cc1cccc(Cl)c1)Cc1nc2ccccc2s1. The molecule has 0 amide bonds. The van der Waals surface area contributed by atoms with E-state index in [0.717, 1.165) is 20.8 Å². The van der Waals surface area contributed by atoms with Gasteiger partial charge in [0.1, 0.15) is 10.8 Å². The monoisotopic (exact) mass is 301 g/mol. The molecule has 0 radical (unpaired) electrons. The molecule has 3 aromatic rings. The quantitative estimate of drug-likeness (QED) is 0.719. The molecule has 2 nitrogen and oxygen atoms in total. The van der Waals surface area contributed by atoms with Gasteiger partial charge in [-0.15, -0.1) is 11.3 Å². The summed E-state index contributed by atoms with van der Waals surface area (Å²) >= 11 is 7.50. The van der Waals surface area contributed by atoms with Crippen LogP contribution >= 0.6 is 22.9 Å². The van der Waals surface area contributed by atoms with Gasteiger partial charge >= 0.3 is 0 Å². The van der Waals surface area contributed by atoms with E-state index in [1.807, 2.05) is 48.5 Å². The molecule has 4 heteroatoms. The van der Waals surface area contributed by atoms with E-state index < -0.39 is 0 Å². The van der Waals surface area contributed by atoms with Gasteiger partial charge in [0.2, 0.25) is 0 Å². The summed E-state index contributed by atoms with van der Waals surface area (Å²) in [6, 6.07) is 15.4. The van der Waals surface area contributed by atoms with Gasteiger partial charge in [-0.3, -0.25) is 4.79 Å². The minimum absolute atomic E-state index is 0.159. The summed E-state index contributed by atoms with van der Waals surface area (Å²) in [4.78, 5) is 16.6. The Morgan fingerprint density at radius 2 is 1.95 bits per heavy atom. The van der Waals surface area contributed by atoms with Crippen LogP contribution in [0.3, 0.4) is 0 Å². The maximum absolute atomic E-state index is 12.1. The van der Waals surface area contributed by atoms with Crippen LogP contribution in [0.25, 0.3) is 10.2 Å². The predicted octanol–water partition coefficient (Wildman–Crippen LogP) is 4.30. The maximum atomic E-state index is 12.1. The number of hydrogen-bond donors (Lipinski definition) is 0. The van der Waals surface area contributed by atoms with Crippen molar-refractivity contribution in [3.63, 3.8) is 0 Å². The Bertz CT molecular complexity index is 733. The number of thiazole rings is 1. The Morgan fingerprint density at radius 1 is 1.10 bits per heavy atom. The number of fused-ring (bicyclic) bond motifs is 1. The fourth-order valence-corrected chi connectivity index (χ4v) is 3.31. The van der Waals surface area contributed by atoms with Crippen LogP contribution in [-0.4, -0.2) is 10.8 Å². The zero-order valence-corrected chi connectivity index (χ0v) is 12.2. The number of halogens is 1. The molecule has 0 aliphatic heterocycles. The van der Waals surface area contributed by atoms with Crippen LogP contribution in [0.4, 0.5) is 0 Å². The van der Waals surface area contributed by atoms with Crippen molar-refractivity contribution in [2.24, 2.45) is 0 Å². The number of carbonyl (C=O) groups excluding carboxylic acids is 1. The van der Waals surface area contributed by atoms with E-state index in [-0.39, 0.29) is 5.78 Å². The van der Waals surface area contributed by atoms with E-state index in [1.54, 1.807) is 11.3 Å². The number of para-hydroxylation sites is 1. The maximum Gasteiger partial charge on any atom is 0.144 e. The van der Waals surface area contributed by atoms with E-state index >= 15 is 0 Å². The molecule has 100 valence electrons. The van der Waals surface area contributed by atoms with Crippen LogP contribution in [0.1, 0.15) is 10.6 Å². The van der Waals surface area contributed by atoms with E-state index in [9.17, 15) is 4.79 Å². The van der Waals surface area contributed by atoms with Crippen molar-refractivity contribution < 1.29 is 4.79 Å². The van der Waals surface area contributed by atoms with Gasteiger partial charge in [-0.1, -0.05) is 35.9 Å². The summed E-state index contributed by atoms with van der Waals surface area (Å²) in [5.74, 6) is 0.159. The fourth-order valence-electron chi connectivity index (χ4n) is 2.10. The van der Waals surface area contributed by atoms with Crippen molar-refractivity contribution in [2.75, 3.05) is 0 Å². The molecule has 1 heterocycles. The molecule has 2 aromatic carbocycles. The summed E-state index contributed by atoms with van der Waals surface area (Å²) in [7, 11) is 0. The number of ketones is 1. The van der Waals surface area contributed by atoms with E-state index in [0.29, 0.717) is 17.9 Å². The van der Waals surface area contributed by atoms with E-state index in [2.05, 4.69) is 4.98 Å². The Morgan fingerprint density at radius 3 is 2.75 bits per heavy atom. The second-order valence-corrected chi connectivity index (χ2v) is 6.15. The van der Waals surface area contributed by atoms with Gasteiger partial charge in [0, 0.05) is 11.4 Å². The topological polar surface area (TPSA) is 30.0 Å². The van der Waals surface area contributed by atoms with Gasteiger partial charge in [-0.05, 0) is 29.8 Å². The van der Waals surface area contributed by atoms with Gasteiger partial charge in [0.25, 0.3) is 0 Å². The molecule has 0 unspecified atom stereocenters. The molecule has 3 rings (SSSR count). The summed E-state index contributed by atoms with van der Waals surface area (Å²) < 4.78 is 1.12. The lowest BCUT2D eigenvalue weighted by Gasteiger charge is -2.00. The standard InChI is InChI=1S/C16H12ClNOS/c17-12-5-3-4-11(8-12)9-13(19)10-16-18-14-6-1-2-7-15(14)20-16/h1-8H,9-10H2. The highest BCUT2D eigenvalue weighted by Crippen LogP contribution is 2.22. The Kier molecular flexibility index (Phi) is 3.81.